The lowest BCUT2D eigenvalue weighted by molar-refractivity contribution is -0.131. The van der Waals surface area contributed by atoms with Gasteiger partial charge in [-0.05, 0) is 42.3 Å². The molecule has 1 aliphatic heterocycles. The molecule has 2 aromatic carbocycles. The van der Waals surface area contributed by atoms with Crippen molar-refractivity contribution in [2.45, 2.75) is 6.92 Å². The predicted molar refractivity (Wildman–Crippen MR) is 119 cm³/mol. The zero-order valence-electron chi connectivity index (χ0n) is 17.7. The third-order valence-corrected chi connectivity index (χ3v) is 4.28. The van der Waals surface area contributed by atoms with Crippen molar-refractivity contribution in [1.29, 1.82) is 0 Å². The van der Waals surface area contributed by atoms with E-state index in [0.29, 0.717) is 23.7 Å². The molecule has 3 rings (SSSR count). The summed E-state index contributed by atoms with van der Waals surface area (Å²) < 4.78 is 16.4. The molecule has 0 atom stereocenters. The van der Waals surface area contributed by atoms with E-state index in [-0.39, 0.29) is 24.1 Å². The first-order chi connectivity index (χ1) is 15.0. The van der Waals surface area contributed by atoms with Crippen LogP contribution in [-0.2, 0) is 14.3 Å². The number of likely N-dealkylation sites (N-methyl/N-ethyl adjacent to an activating group) is 1. The second-order valence-electron chi connectivity index (χ2n) is 6.83. The van der Waals surface area contributed by atoms with E-state index in [1.807, 2.05) is 43.3 Å². The van der Waals surface area contributed by atoms with Crippen molar-refractivity contribution in [1.82, 2.24) is 4.90 Å². The van der Waals surface area contributed by atoms with Crippen molar-refractivity contribution in [3.8, 4) is 11.5 Å². The lowest BCUT2D eigenvalue weighted by Crippen LogP contribution is -2.27. The van der Waals surface area contributed by atoms with Crippen LogP contribution in [-0.4, -0.2) is 50.0 Å². The molecular formula is C24H24N2O5. The number of hydrogen-bond donors (Lipinski definition) is 0. The highest BCUT2D eigenvalue weighted by molar-refractivity contribution is 6.11. The Morgan fingerprint density at radius 2 is 1.81 bits per heavy atom. The highest BCUT2D eigenvalue weighted by atomic mass is 16.6. The van der Waals surface area contributed by atoms with Crippen LogP contribution in [0.5, 0.6) is 11.5 Å². The maximum absolute atomic E-state index is 12.2. The Labute approximate surface area is 181 Å². The highest BCUT2D eigenvalue weighted by Crippen LogP contribution is 2.30. The molecule has 0 radical (unpaired) electrons. The van der Waals surface area contributed by atoms with Gasteiger partial charge in [0.2, 0.25) is 5.90 Å². The van der Waals surface area contributed by atoms with Crippen LogP contribution in [0.15, 0.2) is 65.3 Å². The van der Waals surface area contributed by atoms with Crippen LogP contribution in [0.4, 0.5) is 0 Å². The van der Waals surface area contributed by atoms with Crippen molar-refractivity contribution >= 4 is 29.9 Å². The maximum atomic E-state index is 12.2. The first-order valence-corrected chi connectivity index (χ1v) is 9.81. The zero-order chi connectivity index (χ0) is 22.2. The standard InChI is InChI=1S/C24H24N2O5/c1-4-29-21-15-18(10-12-20(21)30-16-23(27)26(2)3)14-19-24(28)31-22(25-19)13-11-17-8-6-5-7-9-17/h5-15H,4,16H2,1-3H3/b13-11+,19-14-. The molecule has 7 nitrogen and oxygen atoms in total. The van der Waals surface area contributed by atoms with E-state index in [0.717, 1.165) is 5.56 Å². The van der Waals surface area contributed by atoms with E-state index in [4.69, 9.17) is 14.2 Å². The lowest BCUT2D eigenvalue weighted by atomic mass is 10.1. The fourth-order valence-electron chi connectivity index (χ4n) is 2.66. The quantitative estimate of drug-likeness (QED) is 0.482. The summed E-state index contributed by atoms with van der Waals surface area (Å²) in [7, 11) is 3.32. The predicted octanol–water partition coefficient (Wildman–Crippen LogP) is 3.56. The molecule has 0 N–H and O–H groups in total. The second kappa shape index (κ2) is 10.2. The van der Waals surface area contributed by atoms with Gasteiger partial charge >= 0.3 is 5.97 Å². The summed E-state index contributed by atoms with van der Waals surface area (Å²) in [4.78, 5) is 29.7. The minimum Gasteiger partial charge on any atom is -0.490 e. The van der Waals surface area contributed by atoms with Crippen molar-refractivity contribution in [2.24, 2.45) is 4.99 Å². The summed E-state index contributed by atoms with van der Waals surface area (Å²) in [5.74, 6) is 0.466. The van der Waals surface area contributed by atoms with Crippen LogP contribution in [0.2, 0.25) is 0 Å². The van der Waals surface area contributed by atoms with E-state index in [9.17, 15) is 9.59 Å². The molecule has 7 heteroatoms. The third-order valence-electron chi connectivity index (χ3n) is 4.28. The van der Waals surface area contributed by atoms with Crippen LogP contribution >= 0.6 is 0 Å². The van der Waals surface area contributed by atoms with Gasteiger partial charge in [0, 0.05) is 20.2 Å². The summed E-state index contributed by atoms with van der Waals surface area (Å²) in [6.07, 6.45) is 5.09. The Morgan fingerprint density at radius 3 is 2.52 bits per heavy atom. The number of aliphatic imine (C=N–C) groups is 1. The molecule has 31 heavy (non-hydrogen) atoms. The minimum absolute atomic E-state index is 0.0960. The number of cyclic esters (lactones) is 1. The van der Waals surface area contributed by atoms with Crippen LogP contribution < -0.4 is 9.47 Å². The van der Waals surface area contributed by atoms with Crippen molar-refractivity contribution < 1.29 is 23.8 Å². The first kappa shape index (κ1) is 21.8. The van der Waals surface area contributed by atoms with Crippen LogP contribution in [0.25, 0.3) is 12.2 Å². The molecule has 0 saturated heterocycles. The Kier molecular flexibility index (Phi) is 7.22. The summed E-state index contributed by atoms with van der Waals surface area (Å²) in [6.45, 7) is 2.18. The molecule has 0 aliphatic carbocycles. The Balaban J connectivity index is 1.77. The zero-order valence-corrected chi connectivity index (χ0v) is 17.7. The number of ether oxygens (including phenoxy) is 3. The van der Waals surface area contributed by atoms with Gasteiger partial charge in [-0.25, -0.2) is 9.79 Å². The minimum atomic E-state index is -0.525. The monoisotopic (exact) mass is 420 g/mol. The molecule has 2 aromatic rings. The van der Waals surface area contributed by atoms with E-state index < -0.39 is 5.97 Å². The Morgan fingerprint density at radius 1 is 1.03 bits per heavy atom. The number of amides is 1. The van der Waals surface area contributed by atoms with Crippen molar-refractivity contribution in [3.05, 3.63) is 71.4 Å². The smallest absolute Gasteiger partial charge is 0.363 e. The number of esters is 1. The van der Waals surface area contributed by atoms with E-state index in [1.54, 1.807) is 44.4 Å². The molecule has 1 amide bonds. The van der Waals surface area contributed by atoms with Gasteiger partial charge in [-0.3, -0.25) is 4.79 Å². The number of hydrogen-bond acceptors (Lipinski definition) is 6. The fraction of sp³-hybridized carbons (Fsp3) is 0.208. The third kappa shape index (κ3) is 6.05. The first-order valence-electron chi connectivity index (χ1n) is 9.81. The van der Waals surface area contributed by atoms with Gasteiger partial charge in [-0.2, -0.15) is 0 Å². The molecule has 0 spiro atoms. The van der Waals surface area contributed by atoms with Gasteiger partial charge < -0.3 is 19.1 Å². The van der Waals surface area contributed by atoms with E-state index in [1.165, 1.54) is 4.90 Å². The van der Waals surface area contributed by atoms with Crippen LogP contribution in [0.1, 0.15) is 18.1 Å². The largest absolute Gasteiger partial charge is 0.490 e. The molecule has 0 aromatic heterocycles. The van der Waals surface area contributed by atoms with E-state index in [2.05, 4.69) is 4.99 Å². The number of benzene rings is 2. The van der Waals surface area contributed by atoms with Crippen molar-refractivity contribution in [2.75, 3.05) is 27.3 Å². The van der Waals surface area contributed by atoms with Gasteiger partial charge in [0.15, 0.2) is 23.8 Å². The Hall–Kier alpha value is -3.87. The van der Waals surface area contributed by atoms with Gasteiger partial charge in [0.1, 0.15) is 0 Å². The number of carbonyl (C=O) groups is 2. The topological polar surface area (TPSA) is 77.4 Å². The average Bonchev–Trinajstić information content (AvgIpc) is 3.11. The molecule has 1 heterocycles. The molecule has 0 unspecified atom stereocenters. The molecule has 0 fully saturated rings. The van der Waals surface area contributed by atoms with Crippen LogP contribution in [0, 0.1) is 0 Å². The van der Waals surface area contributed by atoms with Crippen LogP contribution in [0.3, 0.4) is 0 Å². The number of rotatable bonds is 8. The Bertz CT molecular complexity index is 1040. The molecule has 0 bridgehead atoms. The van der Waals surface area contributed by atoms with Gasteiger partial charge in [-0.15, -0.1) is 0 Å². The molecule has 0 saturated carbocycles. The molecular weight excluding hydrogens is 396 g/mol. The maximum Gasteiger partial charge on any atom is 0.363 e. The fourth-order valence-corrected chi connectivity index (χ4v) is 2.66. The number of nitrogens with zero attached hydrogens (tertiary/aromatic N) is 2. The average molecular weight is 420 g/mol. The summed E-state index contributed by atoms with van der Waals surface area (Å²) in [5, 5.41) is 0. The normalized spacial score (nSPS) is 14.5. The molecule has 160 valence electrons. The summed E-state index contributed by atoms with van der Waals surface area (Å²) in [5.41, 5.74) is 1.86. The number of carbonyl (C=O) groups excluding carboxylic acids is 2. The van der Waals surface area contributed by atoms with Gasteiger partial charge in [0.05, 0.1) is 6.61 Å². The van der Waals surface area contributed by atoms with Gasteiger partial charge in [0.25, 0.3) is 5.91 Å². The summed E-state index contributed by atoms with van der Waals surface area (Å²) in [6, 6.07) is 14.8. The molecule has 1 aliphatic rings. The summed E-state index contributed by atoms with van der Waals surface area (Å²) >= 11 is 0. The SMILES string of the molecule is CCOc1cc(/C=C2N=C(/C=C/c3ccccc3)OC\2=O)ccc1OCC(=O)N(C)C. The highest BCUT2D eigenvalue weighted by Gasteiger charge is 2.21. The van der Waals surface area contributed by atoms with Gasteiger partial charge in [-0.1, -0.05) is 36.4 Å². The lowest BCUT2D eigenvalue weighted by Gasteiger charge is -2.14. The second-order valence-corrected chi connectivity index (χ2v) is 6.83. The van der Waals surface area contributed by atoms with Crippen molar-refractivity contribution in [3.63, 3.8) is 0 Å². The van der Waals surface area contributed by atoms with E-state index >= 15 is 0 Å².